The summed E-state index contributed by atoms with van der Waals surface area (Å²) in [4.78, 5) is 0. The van der Waals surface area contributed by atoms with Crippen LogP contribution in [0.5, 0.6) is 0 Å². The maximum absolute atomic E-state index is 13.9. The summed E-state index contributed by atoms with van der Waals surface area (Å²) in [6.07, 6.45) is 0. The summed E-state index contributed by atoms with van der Waals surface area (Å²) in [5.74, 6) is -0.270. The molecule has 0 saturated carbocycles. The Morgan fingerprint density at radius 2 is 1.45 bits per heavy atom. The molecule has 0 aliphatic heterocycles. The van der Waals surface area contributed by atoms with Gasteiger partial charge >= 0.3 is 0 Å². The lowest BCUT2D eigenvalue weighted by molar-refractivity contribution is 0.640. The van der Waals surface area contributed by atoms with Crippen LogP contribution >= 0.6 is 34.8 Å². The maximum atomic E-state index is 13.9. The van der Waals surface area contributed by atoms with Gasteiger partial charge < -0.3 is 0 Å². The molecule has 0 amide bonds. The summed E-state index contributed by atoms with van der Waals surface area (Å²) in [5.41, 5.74) is 1.50. The fourth-order valence-electron chi connectivity index (χ4n) is 2.25. The molecule has 0 heterocycles. The minimum Gasteiger partial charge on any atom is -0.206 e. The van der Waals surface area contributed by atoms with Crippen molar-refractivity contribution in [2.24, 2.45) is 0 Å². The zero-order valence-electron chi connectivity index (χ0n) is 10.1. The first-order valence-corrected chi connectivity index (χ1v) is 7.03. The van der Waals surface area contributed by atoms with Crippen LogP contribution in [-0.2, 0) is 0 Å². The molecule has 0 nitrogen and oxygen atoms in total. The Balaban J connectivity index is 2.39. The second-order valence-corrected chi connectivity index (χ2v) is 5.61. The van der Waals surface area contributed by atoms with Crippen molar-refractivity contribution in [3.05, 3.63) is 69.4 Å². The van der Waals surface area contributed by atoms with Gasteiger partial charge in [0.25, 0.3) is 0 Å². The normalized spacial score (nSPS) is 11.0. The third-order valence-corrected chi connectivity index (χ3v) is 4.17. The van der Waals surface area contributed by atoms with Crippen molar-refractivity contribution < 1.29 is 4.39 Å². The van der Waals surface area contributed by atoms with E-state index in [1.807, 2.05) is 12.1 Å². The van der Waals surface area contributed by atoms with E-state index in [-0.39, 0.29) is 5.82 Å². The molecule has 0 aromatic heterocycles. The second kappa shape index (κ2) is 5.25. The van der Waals surface area contributed by atoms with E-state index < -0.39 is 0 Å². The van der Waals surface area contributed by atoms with Gasteiger partial charge in [0, 0.05) is 16.0 Å². The zero-order valence-corrected chi connectivity index (χ0v) is 12.4. The van der Waals surface area contributed by atoms with Crippen molar-refractivity contribution >= 4 is 45.6 Å². The zero-order chi connectivity index (χ0) is 14.3. The van der Waals surface area contributed by atoms with Crippen LogP contribution in [0.2, 0.25) is 15.1 Å². The molecule has 0 saturated heterocycles. The average Bonchev–Trinajstić information content (AvgIpc) is 2.44. The minimum atomic E-state index is -0.270. The molecule has 0 aliphatic carbocycles. The molecule has 0 unspecified atom stereocenters. The van der Waals surface area contributed by atoms with E-state index in [4.69, 9.17) is 34.8 Å². The highest BCUT2D eigenvalue weighted by atomic mass is 35.5. The van der Waals surface area contributed by atoms with Gasteiger partial charge in [0.1, 0.15) is 5.82 Å². The predicted octanol–water partition coefficient (Wildman–Crippen LogP) is 6.61. The smallest absolute Gasteiger partial charge is 0.131 e. The lowest BCUT2D eigenvalue weighted by Crippen LogP contribution is -1.87. The number of benzene rings is 3. The molecule has 0 N–H and O–H groups in total. The molecule has 0 spiro atoms. The van der Waals surface area contributed by atoms with Gasteiger partial charge in [0.15, 0.2) is 0 Å². The Morgan fingerprint density at radius 3 is 2.20 bits per heavy atom. The van der Waals surface area contributed by atoms with Crippen LogP contribution < -0.4 is 0 Å². The Morgan fingerprint density at radius 1 is 0.750 bits per heavy atom. The Labute approximate surface area is 130 Å². The van der Waals surface area contributed by atoms with Crippen molar-refractivity contribution in [2.45, 2.75) is 0 Å². The van der Waals surface area contributed by atoms with Crippen molar-refractivity contribution in [3.63, 3.8) is 0 Å². The maximum Gasteiger partial charge on any atom is 0.131 e. The van der Waals surface area contributed by atoms with Crippen molar-refractivity contribution in [2.75, 3.05) is 0 Å². The number of hydrogen-bond acceptors (Lipinski definition) is 0. The lowest BCUT2D eigenvalue weighted by Gasteiger charge is -2.11. The second-order valence-electron chi connectivity index (χ2n) is 4.39. The van der Waals surface area contributed by atoms with E-state index in [0.717, 1.165) is 10.9 Å². The van der Waals surface area contributed by atoms with E-state index in [9.17, 15) is 4.39 Å². The number of fused-ring (bicyclic) bond motifs is 1. The van der Waals surface area contributed by atoms with E-state index in [0.29, 0.717) is 26.0 Å². The molecular formula is C16H8Cl3F. The number of rotatable bonds is 1. The quantitative estimate of drug-likeness (QED) is 0.442. The molecule has 100 valence electrons. The molecule has 0 atom stereocenters. The lowest BCUT2D eigenvalue weighted by atomic mass is 9.98. The highest BCUT2D eigenvalue weighted by Gasteiger charge is 2.13. The molecule has 3 rings (SSSR count). The predicted molar refractivity (Wildman–Crippen MR) is 84.4 cm³/mol. The first kappa shape index (κ1) is 13.7. The molecular weight excluding hydrogens is 318 g/mol. The van der Waals surface area contributed by atoms with Crippen molar-refractivity contribution in [1.29, 1.82) is 0 Å². The van der Waals surface area contributed by atoms with E-state index >= 15 is 0 Å². The van der Waals surface area contributed by atoms with Crippen LogP contribution in [0, 0.1) is 5.82 Å². The monoisotopic (exact) mass is 324 g/mol. The summed E-state index contributed by atoms with van der Waals surface area (Å²) in [6, 6.07) is 13.6. The summed E-state index contributed by atoms with van der Waals surface area (Å²) in [7, 11) is 0. The number of halogens is 4. The summed E-state index contributed by atoms with van der Waals surface area (Å²) < 4.78 is 13.9. The molecule has 3 aromatic rings. The molecule has 0 aliphatic rings. The molecule has 20 heavy (non-hydrogen) atoms. The van der Waals surface area contributed by atoms with Gasteiger partial charge in [-0.3, -0.25) is 0 Å². The molecule has 3 aromatic carbocycles. The van der Waals surface area contributed by atoms with E-state index in [1.165, 1.54) is 6.07 Å². The van der Waals surface area contributed by atoms with Crippen molar-refractivity contribution in [1.82, 2.24) is 0 Å². The summed E-state index contributed by atoms with van der Waals surface area (Å²) in [5, 5.41) is 2.59. The van der Waals surface area contributed by atoms with Gasteiger partial charge in [-0.25, -0.2) is 4.39 Å². The number of hydrogen-bond donors (Lipinski definition) is 0. The molecule has 0 fully saturated rings. The first-order valence-electron chi connectivity index (χ1n) is 5.90. The van der Waals surface area contributed by atoms with Crippen LogP contribution in [0.1, 0.15) is 0 Å². The van der Waals surface area contributed by atoms with Crippen LogP contribution in [0.15, 0.2) is 48.5 Å². The SMILES string of the molecule is Fc1ccc(-c2cc(Cl)cc(Cl)c2Cl)c2ccccc12. The fourth-order valence-corrected chi connectivity index (χ4v) is 2.95. The first-order chi connectivity index (χ1) is 9.58. The Bertz CT molecular complexity index is 812. The van der Waals surface area contributed by atoms with Gasteiger partial charge in [0.2, 0.25) is 0 Å². The van der Waals surface area contributed by atoms with Gasteiger partial charge in [-0.1, -0.05) is 65.1 Å². The van der Waals surface area contributed by atoms with E-state index in [2.05, 4.69) is 0 Å². The van der Waals surface area contributed by atoms with Crippen LogP contribution in [0.4, 0.5) is 4.39 Å². The van der Waals surface area contributed by atoms with E-state index in [1.54, 1.807) is 30.3 Å². The van der Waals surface area contributed by atoms with Gasteiger partial charge in [-0.05, 0) is 29.1 Å². The minimum absolute atomic E-state index is 0.270. The van der Waals surface area contributed by atoms with Crippen molar-refractivity contribution in [3.8, 4) is 11.1 Å². The summed E-state index contributed by atoms with van der Waals surface area (Å²) >= 11 is 18.4. The molecule has 0 radical (unpaired) electrons. The average molecular weight is 326 g/mol. The topological polar surface area (TPSA) is 0 Å². The van der Waals surface area contributed by atoms with Gasteiger partial charge in [-0.15, -0.1) is 0 Å². The van der Waals surface area contributed by atoms with Gasteiger partial charge in [0.05, 0.1) is 10.0 Å². The highest BCUT2D eigenvalue weighted by molar-refractivity contribution is 6.45. The third-order valence-electron chi connectivity index (χ3n) is 3.15. The largest absolute Gasteiger partial charge is 0.206 e. The molecule has 4 heteroatoms. The van der Waals surface area contributed by atoms with Crippen LogP contribution in [0.25, 0.3) is 21.9 Å². The van der Waals surface area contributed by atoms with Gasteiger partial charge in [-0.2, -0.15) is 0 Å². The standard InChI is InChI=1S/C16H8Cl3F/c17-9-7-13(16(19)14(18)8-9)11-5-6-15(20)12-4-2-1-3-10(11)12/h1-8H. The molecule has 0 bridgehead atoms. The highest BCUT2D eigenvalue weighted by Crippen LogP contribution is 2.39. The summed E-state index contributed by atoms with van der Waals surface area (Å²) in [6.45, 7) is 0. The fraction of sp³-hybridized carbons (Fsp3) is 0. The third kappa shape index (κ3) is 2.26. The van der Waals surface area contributed by atoms with Crippen LogP contribution in [0.3, 0.4) is 0 Å². The van der Waals surface area contributed by atoms with Crippen LogP contribution in [-0.4, -0.2) is 0 Å². The Hall–Kier alpha value is -1.28. The Kier molecular flexibility index (Phi) is 3.59.